The molecule has 0 aliphatic rings. The topological polar surface area (TPSA) is 55.4 Å². The lowest BCUT2D eigenvalue weighted by atomic mass is 9.80. The molecule has 4 nitrogen and oxygen atoms in total. The molecule has 0 bridgehead atoms. The maximum atomic E-state index is 12.2. The fourth-order valence-electron chi connectivity index (χ4n) is 1.97. The predicted molar refractivity (Wildman–Crippen MR) is 96.9 cm³/mol. The lowest BCUT2D eigenvalue weighted by Crippen LogP contribution is -2.23. The van der Waals surface area contributed by atoms with Crippen LogP contribution in [0.25, 0.3) is 0 Å². The molecule has 0 heterocycles. The van der Waals surface area contributed by atoms with E-state index in [1.165, 1.54) is 0 Å². The average molecular weight is 340 g/mol. The molecular weight excluding hydrogens is 310 g/mol. The molecule has 1 aromatic carbocycles. The van der Waals surface area contributed by atoms with E-state index in [1.807, 2.05) is 24.3 Å². The number of carbonyl (C=O) groups excluding carboxylic acids is 1. The summed E-state index contributed by atoms with van der Waals surface area (Å²) in [6.07, 6.45) is 0.494. The van der Waals surface area contributed by atoms with Gasteiger partial charge in [0.2, 0.25) is 5.91 Å². The summed E-state index contributed by atoms with van der Waals surface area (Å²) >= 11 is 0. The third kappa shape index (κ3) is 7.75. The van der Waals surface area contributed by atoms with Crippen molar-refractivity contribution in [1.29, 1.82) is 0 Å². The van der Waals surface area contributed by atoms with Crippen LogP contribution in [0.4, 0.5) is 5.69 Å². The van der Waals surface area contributed by atoms with Crippen molar-refractivity contribution in [2.75, 3.05) is 24.8 Å². The maximum Gasteiger partial charge on any atom is 0.224 e. The highest BCUT2D eigenvalue weighted by molar-refractivity contribution is 7.84. The van der Waals surface area contributed by atoms with E-state index in [0.717, 1.165) is 11.3 Å². The molecule has 0 saturated heterocycles. The molecule has 1 rings (SSSR count). The highest BCUT2D eigenvalue weighted by Crippen LogP contribution is 2.28. The fraction of sp³-hybridized carbons (Fsp3) is 0.611. The maximum absolute atomic E-state index is 12.2. The summed E-state index contributed by atoms with van der Waals surface area (Å²) in [4.78, 5) is 12.2. The van der Waals surface area contributed by atoms with Crippen molar-refractivity contribution in [1.82, 2.24) is 0 Å². The molecule has 0 radical (unpaired) electrons. The van der Waals surface area contributed by atoms with Gasteiger partial charge in [-0.15, -0.1) is 0 Å². The number of carbonyl (C=O) groups is 1. The Hall–Kier alpha value is -1.20. The third-order valence-corrected chi connectivity index (χ3v) is 5.30. The van der Waals surface area contributed by atoms with E-state index in [4.69, 9.17) is 4.74 Å². The van der Waals surface area contributed by atoms with Crippen molar-refractivity contribution < 1.29 is 13.7 Å². The number of methoxy groups -OCH3 is 1. The Balaban J connectivity index is 2.60. The Kier molecular flexibility index (Phi) is 7.92. The lowest BCUT2D eigenvalue weighted by molar-refractivity contribution is -0.117. The summed E-state index contributed by atoms with van der Waals surface area (Å²) in [5, 5.41) is 2.94. The van der Waals surface area contributed by atoms with E-state index in [-0.39, 0.29) is 11.3 Å². The zero-order valence-corrected chi connectivity index (χ0v) is 15.7. The van der Waals surface area contributed by atoms with E-state index in [2.05, 4.69) is 33.0 Å². The van der Waals surface area contributed by atoms with Crippen LogP contribution in [0, 0.1) is 11.3 Å². The van der Waals surface area contributed by atoms with Crippen molar-refractivity contribution in [2.45, 2.75) is 39.9 Å². The molecule has 1 amide bonds. The quantitative estimate of drug-likeness (QED) is 0.787. The molecule has 0 aromatic heterocycles. The van der Waals surface area contributed by atoms with Gasteiger partial charge in [0.1, 0.15) is 0 Å². The molecule has 0 spiro atoms. The van der Waals surface area contributed by atoms with Gasteiger partial charge in [-0.25, -0.2) is 0 Å². The van der Waals surface area contributed by atoms with Crippen LogP contribution in [0.15, 0.2) is 24.3 Å². The van der Waals surface area contributed by atoms with Crippen molar-refractivity contribution in [3.8, 4) is 0 Å². The first kappa shape index (κ1) is 19.8. The van der Waals surface area contributed by atoms with Crippen LogP contribution in [0.3, 0.4) is 0 Å². The summed E-state index contributed by atoms with van der Waals surface area (Å²) in [7, 11) is 0.653. The number of hydrogen-bond acceptors (Lipinski definition) is 3. The van der Waals surface area contributed by atoms with E-state index < -0.39 is 10.8 Å². The normalized spacial score (nSPS) is 14.3. The molecule has 1 aromatic rings. The molecule has 1 N–H and O–H groups in total. The number of nitrogens with one attached hydrogen (secondary N) is 1. The van der Waals surface area contributed by atoms with Crippen LogP contribution in [0.2, 0.25) is 0 Å². The SMILES string of the molecule is COCC[S@](=O)Cc1cccc(NC(=O)C[C@H](C)C(C)(C)C)c1. The molecule has 0 aliphatic heterocycles. The Morgan fingerprint density at radius 2 is 2.04 bits per heavy atom. The second kappa shape index (κ2) is 9.18. The molecule has 130 valence electrons. The highest BCUT2D eigenvalue weighted by Gasteiger charge is 2.22. The zero-order chi connectivity index (χ0) is 17.5. The number of amides is 1. The number of benzene rings is 1. The first-order chi connectivity index (χ1) is 10.7. The largest absolute Gasteiger partial charge is 0.384 e. The van der Waals surface area contributed by atoms with Crippen LogP contribution in [-0.2, 0) is 26.1 Å². The van der Waals surface area contributed by atoms with Crippen molar-refractivity contribution in [3.05, 3.63) is 29.8 Å². The minimum Gasteiger partial charge on any atom is -0.384 e. The summed E-state index contributed by atoms with van der Waals surface area (Å²) in [6, 6.07) is 7.56. The van der Waals surface area contributed by atoms with Crippen LogP contribution in [0.1, 0.15) is 39.7 Å². The van der Waals surface area contributed by atoms with Gasteiger partial charge >= 0.3 is 0 Å². The highest BCUT2D eigenvalue weighted by atomic mass is 32.2. The zero-order valence-electron chi connectivity index (χ0n) is 14.8. The van der Waals surface area contributed by atoms with Gasteiger partial charge in [-0.2, -0.15) is 0 Å². The summed E-state index contributed by atoms with van der Waals surface area (Å²) < 4.78 is 16.8. The van der Waals surface area contributed by atoms with E-state index in [1.54, 1.807) is 7.11 Å². The van der Waals surface area contributed by atoms with Gasteiger partial charge in [0.25, 0.3) is 0 Å². The number of ether oxygens (including phenoxy) is 1. The second-order valence-corrected chi connectivity index (χ2v) is 8.58. The van der Waals surface area contributed by atoms with Crippen molar-refractivity contribution in [3.63, 3.8) is 0 Å². The van der Waals surface area contributed by atoms with Gasteiger partial charge in [0.15, 0.2) is 0 Å². The van der Waals surface area contributed by atoms with E-state index in [0.29, 0.717) is 30.5 Å². The Labute approximate surface area is 142 Å². The minimum atomic E-state index is -0.950. The number of anilines is 1. The minimum absolute atomic E-state index is 0.0186. The van der Waals surface area contributed by atoms with E-state index in [9.17, 15) is 9.00 Å². The van der Waals surface area contributed by atoms with Crippen LogP contribution < -0.4 is 5.32 Å². The van der Waals surface area contributed by atoms with Gasteiger partial charge in [0.05, 0.1) is 6.61 Å². The molecule has 0 saturated carbocycles. The second-order valence-electron chi connectivity index (χ2n) is 7.00. The predicted octanol–water partition coefficient (Wildman–Crippen LogP) is 3.59. The lowest BCUT2D eigenvalue weighted by Gasteiger charge is -2.26. The molecule has 5 heteroatoms. The Bertz CT molecular complexity index is 537. The molecule has 0 fully saturated rings. The molecule has 0 aliphatic carbocycles. The smallest absolute Gasteiger partial charge is 0.224 e. The number of rotatable bonds is 8. The standard InChI is InChI=1S/C18H29NO3S/c1-14(18(2,3)4)11-17(20)19-16-8-6-7-15(12-16)13-23(21)10-9-22-5/h6-8,12,14H,9-11,13H2,1-5H3,(H,19,20)/t14-,23-/m0/s1. The fourth-order valence-corrected chi connectivity index (χ4v) is 3.02. The summed E-state index contributed by atoms with van der Waals surface area (Å²) in [5.74, 6) is 1.32. The number of hydrogen-bond donors (Lipinski definition) is 1. The average Bonchev–Trinajstić information content (AvgIpc) is 2.44. The Morgan fingerprint density at radius 1 is 1.35 bits per heavy atom. The molecule has 0 unspecified atom stereocenters. The Morgan fingerprint density at radius 3 is 2.65 bits per heavy atom. The molecular formula is C18H29NO3S. The van der Waals surface area contributed by atoms with Crippen molar-refractivity contribution in [2.24, 2.45) is 11.3 Å². The van der Waals surface area contributed by atoms with Crippen LogP contribution in [-0.4, -0.2) is 29.6 Å². The monoisotopic (exact) mass is 339 g/mol. The summed E-state index contributed by atoms with van der Waals surface area (Å²) in [6.45, 7) is 9.01. The van der Waals surface area contributed by atoms with Crippen LogP contribution in [0.5, 0.6) is 0 Å². The van der Waals surface area contributed by atoms with Crippen molar-refractivity contribution >= 4 is 22.4 Å². The third-order valence-electron chi connectivity index (χ3n) is 4.02. The summed E-state index contributed by atoms with van der Waals surface area (Å²) in [5.41, 5.74) is 1.83. The first-order valence-corrected chi connectivity index (χ1v) is 9.44. The van der Waals surface area contributed by atoms with Gasteiger partial charge in [0, 0.05) is 41.5 Å². The van der Waals surface area contributed by atoms with Gasteiger partial charge in [-0.05, 0) is 29.0 Å². The van der Waals surface area contributed by atoms with Gasteiger partial charge < -0.3 is 10.1 Å². The van der Waals surface area contributed by atoms with Gasteiger partial charge in [-0.3, -0.25) is 9.00 Å². The van der Waals surface area contributed by atoms with Gasteiger partial charge in [-0.1, -0.05) is 39.8 Å². The van der Waals surface area contributed by atoms with Crippen LogP contribution >= 0.6 is 0 Å². The first-order valence-electron chi connectivity index (χ1n) is 7.95. The molecule has 2 atom stereocenters. The molecule has 23 heavy (non-hydrogen) atoms. The van der Waals surface area contributed by atoms with E-state index >= 15 is 0 Å².